The van der Waals surface area contributed by atoms with E-state index in [-0.39, 0.29) is 12.0 Å². The van der Waals surface area contributed by atoms with Crippen LogP contribution in [-0.4, -0.2) is 18.2 Å². The van der Waals surface area contributed by atoms with E-state index in [1.807, 2.05) is 32.9 Å². The second kappa shape index (κ2) is 5.47. The Hall–Kier alpha value is -1.91. The summed E-state index contributed by atoms with van der Waals surface area (Å²) in [6.07, 6.45) is 0.598. The molecule has 116 valence electrons. The first-order valence-corrected chi connectivity index (χ1v) is 7.33. The van der Waals surface area contributed by atoms with Gasteiger partial charge in [-0.05, 0) is 56.4 Å². The van der Waals surface area contributed by atoms with Crippen LogP contribution in [0.1, 0.15) is 57.1 Å². The van der Waals surface area contributed by atoms with E-state index in [0.29, 0.717) is 23.8 Å². The maximum atomic E-state index is 11.8. The van der Waals surface area contributed by atoms with Gasteiger partial charge < -0.3 is 21.5 Å². The predicted molar refractivity (Wildman–Crippen MR) is 85.3 cm³/mol. The molecule has 0 bridgehead atoms. The summed E-state index contributed by atoms with van der Waals surface area (Å²) in [5, 5.41) is 2.84. The van der Waals surface area contributed by atoms with Gasteiger partial charge in [-0.1, -0.05) is 6.92 Å². The first-order chi connectivity index (χ1) is 9.67. The van der Waals surface area contributed by atoms with Crippen LogP contribution in [0.2, 0.25) is 0 Å². The molecule has 0 aliphatic heterocycles. The van der Waals surface area contributed by atoms with Crippen molar-refractivity contribution in [2.75, 3.05) is 18.0 Å². The van der Waals surface area contributed by atoms with Crippen LogP contribution < -0.4 is 16.8 Å². The average Bonchev–Trinajstić information content (AvgIpc) is 2.62. The topological polar surface area (TPSA) is 90.4 Å². The van der Waals surface area contributed by atoms with Gasteiger partial charge in [0, 0.05) is 12.5 Å². The van der Waals surface area contributed by atoms with Gasteiger partial charge in [0.25, 0.3) is 0 Å². The molecular formula is C16H25N3O2. The minimum absolute atomic E-state index is 0.255. The normalized spacial score (nSPS) is 21.0. The highest BCUT2D eigenvalue weighted by atomic mass is 16.6. The minimum Gasteiger partial charge on any atom is -0.444 e. The summed E-state index contributed by atoms with van der Waals surface area (Å²) < 4.78 is 5.26. The van der Waals surface area contributed by atoms with E-state index in [1.54, 1.807) is 0 Å². The van der Waals surface area contributed by atoms with Gasteiger partial charge >= 0.3 is 6.09 Å². The third kappa shape index (κ3) is 3.60. The molecule has 0 heterocycles. The van der Waals surface area contributed by atoms with Gasteiger partial charge in [-0.25, -0.2) is 4.79 Å². The van der Waals surface area contributed by atoms with Crippen LogP contribution in [0.25, 0.3) is 0 Å². The van der Waals surface area contributed by atoms with E-state index < -0.39 is 5.60 Å². The third-order valence-electron chi connectivity index (χ3n) is 3.79. The fraction of sp³-hybridized carbons (Fsp3) is 0.562. The second-order valence-corrected chi connectivity index (χ2v) is 6.83. The molecule has 21 heavy (non-hydrogen) atoms. The molecule has 1 aromatic rings. The lowest BCUT2D eigenvalue weighted by molar-refractivity contribution is 0.0524. The van der Waals surface area contributed by atoms with E-state index in [2.05, 4.69) is 12.2 Å². The zero-order valence-electron chi connectivity index (χ0n) is 13.2. The molecule has 0 aromatic heterocycles. The number of carbonyl (C=O) groups is 1. The first kappa shape index (κ1) is 15.5. The molecule has 2 unspecified atom stereocenters. The largest absolute Gasteiger partial charge is 0.444 e. The number of rotatable bonds is 2. The van der Waals surface area contributed by atoms with Gasteiger partial charge in [0.05, 0.1) is 11.4 Å². The zero-order valence-corrected chi connectivity index (χ0v) is 13.2. The smallest absolute Gasteiger partial charge is 0.407 e. The molecule has 5 heteroatoms. The SMILES string of the molecule is CC1CC(CNC(=O)OC(C)(C)C)c2cc(N)c(N)cc21. The van der Waals surface area contributed by atoms with Crippen molar-refractivity contribution in [1.82, 2.24) is 5.32 Å². The summed E-state index contributed by atoms with van der Waals surface area (Å²) in [4.78, 5) is 11.8. The van der Waals surface area contributed by atoms with Gasteiger partial charge in [-0.15, -0.1) is 0 Å². The molecule has 0 saturated carbocycles. The van der Waals surface area contributed by atoms with Gasteiger partial charge in [0.1, 0.15) is 5.60 Å². The monoisotopic (exact) mass is 291 g/mol. The van der Waals surface area contributed by atoms with Gasteiger partial charge in [0.15, 0.2) is 0 Å². The maximum Gasteiger partial charge on any atom is 0.407 e. The lowest BCUT2D eigenvalue weighted by Gasteiger charge is -2.21. The van der Waals surface area contributed by atoms with E-state index in [1.165, 1.54) is 11.1 Å². The number of fused-ring (bicyclic) bond motifs is 1. The van der Waals surface area contributed by atoms with Crippen LogP contribution in [-0.2, 0) is 4.74 Å². The summed E-state index contributed by atoms with van der Waals surface area (Å²) in [7, 11) is 0. The summed E-state index contributed by atoms with van der Waals surface area (Å²) in [6.45, 7) is 8.27. The minimum atomic E-state index is -0.482. The predicted octanol–water partition coefficient (Wildman–Crippen LogP) is 2.97. The number of carbonyl (C=O) groups excluding carboxylic acids is 1. The van der Waals surface area contributed by atoms with E-state index in [4.69, 9.17) is 16.2 Å². The molecule has 1 aromatic carbocycles. The van der Waals surface area contributed by atoms with Crippen LogP contribution in [0.5, 0.6) is 0 Å². The van der Waals surface area contributed by atoms with E-state index in [9.17, 15) is 4.79 Å². The van der Waals surface area contributed by atoms with Gasteiger partial charge in [-0.2, -0.15) is 0 Å². The average molecular weight is 291 g/mol. The van der Waals surface area contributed by atoms with Crippen LogP contribution in [0, 0.1) is 0 Å². The van der Waals surface area contributed by atoms with Crippen molar-refractivity contribution in [3.8, 4) is 0 Å². The van der Waals surface area contributed by atoms with Crippen LogP contribution in [0.15, 0.2) is 12.1 Å². The van der Waals surface area contributed by atoms with Gasteiger partial charge in [-0.3, -0.25) is 0 Å². The van der Waals surface area contributed by atoms with Crippen molar-refractivity contribution >= 4 is 17.5 Å². The first-order valence-electron chi connectivity index (χ1n) is 7.33. The number of hydrogen-bond acceptors (Lipinski definition) is 4. The van der Waals surface area contributed by atoms with Crippen molar-refractivity contribution in [3.63, 3.8) is 0 Å². The molecule has 1 aliphatic carbocycles. The standard InChI is InChI=1S/C16H25N3O2/c1-9-5-10(8-19-15(20)21-16(2,3)4)12-7-14(18)13(17)6-11(9)12/h6-7,9-10H,5,8,17-18H2,1-4H3,(H,19,20). The van der Waals surface area contributed by atoms with Crippen LogP contribution in [0.3, 0.4) is 0 Å². The molecule has 0 spiro atoms. The quantitative estimate of drug-likeness (QED) is 0.731. The van der Waals surface area contributed by atoms with Crippen molar-refractivity contribution < 1.29 is 9.53 Å². The van der Waals surface area contributed by atoms with Crippen molar-refractivity contribution in [2.45, 2.75) is 51.6 Å². The number of nitrogens with two attached hydrogens (primary N) is 2. The summed E-state index contributed by atoms with van der Waals surface area (Å²) in [6, 6.07) is 3.90. The third-order valence-corrected chi connectivity index (χ3v) is 3.79. The molecule has 2 atom stereocenters. The molecule has 0 fully saturated rings. The van der Waals surface area contributed by atoms with Crippen molar-refractivity contribution in [2.24, 2.45) is 0 Å². The fourth-order valence-electron chi connectivity index (χ4n) is 2.84. The summed E-state index contributed by atoms with van der Waals surface area (Å²) >= 11 is 0. The van der Waals surface area contributed by atoms with Crippen LogP contribution >= 0.6 is 0 Å². The molecule has 0 radical (unpaired) electrons. The Morgan fingerprint density at radius 3 is 2.43 bits per heavy atom. The highest BCUT2D eigenvalue weighted by molar-refractivity contribution is 5.69. The lowest BCUT2D eigenvalue weighted by Crippen LogP contribution is -2.34. The number of benzene rings is 1. The number of alkyl carbamates (subject to hydrolysis) is 1. The Bertz CT molecular complexity index is 549. The molecule has 1 aliphatic rings. The lowest BCUT2D eigenvalue weighted by atomic mass is 10.00. The maximum absolute atomic E-state index is 11.8. The second-order valence-electron chi connectivity index (χ2n) is 6.83. The fourth-order valence-corrected chi connectivity index (χ4v) is 2.84. The Balaban J connectivity index is 2.05. The zero-order chi connectivity index (χ0) is 15.8. The van der Waals surface area contributed by atoms with Crippen molar-refractivity contribution in [3.05, 3.63) is 23.3 Å². The number of amides is 1. The van der Waals surface area contributed by atoms with Crippen LogP contribution in [0.4, 0.5) is 16.2 Å². The number of nitrogens with one attached hydrogen (secondary N) is 1. The molecule has 0 saturated heterocycles. The number of anilines is 2. The molecule has 2 rings (SSSR count). The number of nitrogen functional groups attached to an aromatic ring is 2. The molecule has 5 N–H and O–H groups in total. The Labute approximate surface area is 126 Å². The number of hydrogen-bond donors (Lipinski definition) is 3. The Morgan fingerprint density at radius 1 is 1.29 bits per heavy atom. The van der Waals surface area contributed by atoms with Gasteiger partial charge in [0.2, 0.25) is 0 Å². The number of ether oxygens (including phenoxy) is 1. The van der Waals surface area contributed by atoms with E-state index in [0.717, 1.165) is 6.42 Å². The highest BCUT2D eigenvalue weighted by Crippen LogP contribution is 2.43. The Morgan fingerprint density at radius 2 is 1.86 bits per heavy atom. The molecule has 5 nitrogen and oxygen atoms in total. The molecular weight excluding hydrogens is 266 g/mol. The highest BCUT2D eigenvalue weighted by Gasteiger charge is 2.29. The summed E-state index contributed by atoms with van der Waals surface area (Å²) in [5.74, 6) is 0.679. The van der Waals surface area contributed by atoms with Crippen molar-refractivity contribution in [1.29, 1.82) is 0 Å². The molecule has 1 amide bonds. The van der Waals surface area contributed by atoms with E-state index >= 15 is 0 Å². The summed E-state index contributed by atoms with van der Waals surface area (Å²) in [5.41, 5.74) is 14.9. The Kier molecular flexibility index (Phi) is 4.03.